The van der Waals surface area contributed by atoms with E-state index in [4.69, 9.17) is 4.74 Å². The zero-order valence-electron chi connectivity index (χ0n) is 22.1. The lowest BCUT2D eigenvalue weighted by Gasteiger charge is -2.16. The van der Waals surface area contributed by atoms with Crippen LogP contribution in [-0.2, 0) is 11.3 Å². The number of carboxylic acid groups (broad SMARTS) is 1. The van der Waals surface area contributed by atoms with E-state index in [1.54, 1.807) is 7.11 Å². The molecule has 3 amide bonds. The molecule has 0 radical (unpaired) electrons. The van der Waals surface area contributed by atoms with Crippen molar-refractivity contribution in [1.29, 1.82) is 0 Å². The number of ether oxygens (including phenoxy) is 1. The second-order valence-electron chi connectivity index (χ2n) is 9.63. The number of aliphatic imine (C=N–C) groups is 1. The number of thiophene rings is 1. The first-order valence-electron chi connectivity index (χ1n) is 12.3. The SMILES string of the molecule is C=NCc1c(N2C(=O)c3ccc(C(=O)N[C@@H](CC(C)C)C(=O)O)cc3C2=O)sc(C)c1-c1ccc(OC)cc1. The van der Waals surface area contributed by atoms with Gasteiger partial charge in [0, 0.05) is 21.6 Å². The highest BCUT2D eigenvalue weighted by molar-refractivity contribution is 7.17. The number of rotatable bonds is 10. The van der Waals surface area contributed by atoms with Gasteiger partial charge in [-0.1, -0.05) is 26.0 Å². The maximum Gasteiger partial charge on any atom is 0.326 e. The summed E-state index contributed by atoms with van der Waals surface area (Å²) in [5.41, 5.74) is 2.80. The molecular formula is C29H29N3O6S. The summed E-state index contributed by atoms with van der Waals surface area (Å²) in [6, 6.07) is 10.6. The van der Waals surface area contributed by atoms with E-state index >= 15 is 0 Å². The summed E-state index contributed by atoms with van der Waals surface area (Å²) < 4.78 is 5.26. The van der Waals surface area contributed by atoms with Gasteiger partial charge in [0.2, 0.25) is 0 Å². The Hall–Kier alpha value is -4.31. The van der Waals surface area contributed by atoms with Crippen LogP contribution in [0.25, 0.3) is 11.1 Å². The first kappa shape index (κ1) is 27.7. The molecular weight excluding hydrogens is 518 g/mol. The van der Waals surface area contributed by atoms with E-state index in [9.17, 15) is 24.3 Å². The number of carbonyl (C=O) groups excluding carboxylic acids is 3. The number of carboxylic acids is 1. The van der Waals surface area contributed by atoms with Crippen LogP contribution in [0.4, 0.5) is 5.00 Å². The maximum atomic E-state index is 13.6. The third-order valence-electron chi connectivity index (χ3n) is 6.47. The lowest BCUT2D eigenvalue weighted by Crippen LogP contribution is -2.41. The first-order valence-corrected chi connectivity index (χ1v) is 13.1. The average molecular weight is 548 g/mol. The Bertz CT molecular complexity index is 1470. The maximum absolute atomic E-state index is 13.6. The quantitative estimate of drug-likeness (QED) is 0.273. The molecule has 2 heterocycles. The summed E-state index contributed by atoms with van der Waals surface area (Å²) in [4.78, 5) is 57.6. The lowest BCUT2D eigenvalue weighted by atomic mass is 10.0. The summed E-state index contributed by atoms with van der Waals surface area (Å²) in [5, 5.41) is 12.4. The second-order valence-corrected chi connectivity index (χ2v) is 10.8. The summed E-state index contributed by atoms with van der Waals surface area (Å²) in [6.07, 6.45) is 0.256. The fourth-order valence-electron chi connectivity index (χ4n) is 4.65. The number of amides is 3. The van der Waals surface area contributed by atoms with Crippen molar-refractivity contribution in [1.82, 2.24) is 5.32 Å². The zero-order valence-corrected chi connectivity index (χ0v) is 22.9. The summed E-state index contributed by atoms with van der Waals surface area (Å²) in [7, 11) is 1.59. The monoisotopic (exact) mass is 547 g/mol. The smallest absolute Gasteiger partial charge is 0.326 e. The molecule has 39 heavy (non-hydrogen) atoms. The van der Waals surface area contributed by atoms with E-state index in [1.807, 2.05) is 45.0 Å². The number of anilines is 1. The standard InChI is InChI=1S/C29H29N3O6S/c1-15(2)12-23(29(36)37)31-25(33)18-8-11-20-21(13-18)27(35)32(26(20)34)28-22(14-30-4)24(16(3)39-28)17-6-9-19(38-5)10-7-17/h6-11,13,15,23H,4,12,14H2,1-3,5H3,(H,31,33)(H,36,37)/t23-/m0/s1. The second kappa shape index (κ2) is 11.2. The molecule has 0 saturated carbocycles. The van der Waals surface area contributed by atoms with Gasteiger partial charge in [0.05, 0.1) is 24.8 Å². The predicted molar refractivity (Wildman–Crippen MR) is 150 cm³/mol. The van der Waals surface area contributed by atoms with Gasteiger partial charge in [0.1, 0.15) is 16.8 Å². The third kappa shape index (κ3) is 5.33. The molecule has 1 aromatic heterocycles. The lowest BCUT2D eigenvalue weighted by molar-refractivity contribution is -0.139. The van der Waals surface area contributed by atoms with Gasteiger partial charge in [-0.15, -0.1) is 11.3 Å². The number of fused-ring (bicyclic) bond motifs is 1. The molecule has 1 aliphatic heterocycles. The van der Waals surface area contributed by atoms with Crippen LogP contribution in [0.5, 0.6) is 5.75 Å². The molecule has 0 aliphatic carbocycles. The van der Waals surface area contributed by atoms with Crippen LogP contribution in [0, 0.1) is 12.8 Å². The molecule has 2 N–H and O–H groups in total. The molecule has 0 saturated heterocycles. The molecule has 9 nitrogen and oxygen atoms in total. The van der Waals surface area contributed by atoms with Crippen LogP contribution in [0.15, 0.2) is 47.5 Å². The van der Waals surface area contributed by atoms with E-state index in [-0.39, 0.29) is 35.6 Å². The van der Waals surface area contributed by atoms with Crippen molar-refractivity contribution in [3.05, 3.63) is 69.6 Å². The summed E-state index contributed by atoms with van der Waals surface area (Å²) in [6.45, 7) is 9.44. The average Bonchev–Trinajstić information content (AvgIpc) is 3.35. The number of carbonyl (C=O) groups is 4. The van der Waals surface area contributed by atoms with Crippen LogP contribution in [0.1, 0.15) is 61.8 Å². The molecule has 1 aliphatic rings. The van der Waals surface area contributed by atoms with Crippen molar-refractivity contribution < 1.29 is 29.0 Å². The predicted octanol–water partition coefficient (Wildman–Crippen LogP) is 4.96. The first-order chi connectivity index (χ1) is 18.6. The van der Waals surface area contributed by atoms with E-state index in [0.29, 0.717) is 16.3 Å². The van der Waals surface area contributed by atoms with Gasteiger partial charge in [-0.2, -0.15) is 0 Å². The number of methoxy groups -OCH3 is 1. The highest BCUT2D eigenvalue weighted by atomic mass is 32.1. The minimum atomic E-state index is -1.14. The Morgan fingerprint density at radius 2 is 1.77 bits per heavy atom. The molecule has 3 aromatic rings. The minimum Gasteiger partial charge on any atom is -0.497 e. The van der Waals surface area contributed by atoms with E-state index in [1.165, 1.54) is 29.5 Å². The van der Waals surface area contributed by atoms with Crippen molar-refractivity contribution in [2.45, 2.75) is 39.8 Å². The number of aliphatic carboxylic acids is 1. The molecule has 0 bridgehead atoms. The Kier molecular flexibility index (Phi) is 7.96. The number of hydrogen-bond acceptors (Lipinski definition) is 7. The van der Waals surface area contributed by atoms with E-state index in [0.717, 1.165) is 20.9 Å². The van der Waals surface area contributed by atoms with Gasteiger partial charge in [0.25, 0.3) is 17.7 Å². The fourth-order valence-corrected chi connectivity index (χ4v) is 5.83. The van der Waals surface area contributed by atoms with Crippen LogP contribution >= 0.6 is 11.3 Å². The van der Waals surface area contributed by atoms with Gasteiger partial charge in [-0.05, 0) is 61.9 Å². The van der Waals surface area contributed by atoms with Gasteiger partial charge in [-0.25, -0.2) is 9.69 Å². The molecule has 202 valence electrons. The van der Waals surface area contributed by atoms with E-state index < -0.39 is 29.7 Å². The molecule has 1 atom stereocenters. The molecule has 0 unspecified atom stereocenters. The third-order valence-corrected chi connectivity index (χ3v) is 7.61. The Morgan fingerprint density at radius 1 is 1.10 bits per heavy atom. The van der Waals surface area contributed by atoms with Crippen LogP contribution in [0.2, 0.25) is 0 Å². The van der Waals surface area contributed by atoms with Crippen molar-refractivity contribution in [2.24, 2.45) is 10.9 Å². The molecule has 4 rings (SSSR count). The van der Waals surface area contributed by atoms with Gasteiger partial charge in [-0.3, -0.25) is 19.4 Å². The van der Waals surface area contributed by atoms with Gasteiger partial charge < -0.3 is 15.2 Å². The van der Waals surface area contributed by atoms with Crippen molar-refractivity contribution in [2.75, 3.05) is 12.0 Å². The van der Waals surface area contributed by atoms with Crippen molar-refractivity contribution in [3.8, 4) is 16.9 Å². The largest absolute Gasteiger partial charge is 0.497 e. The van der Waals surface area contributed by atoms with Gasteiger partial charge in [0.15, 0.2) is 0 Å². The van der Waals surface area contributed by atoms with Crippen LogP contribution in [-0.4, -0.2) is 48.7 Å². The normalized spacial score (nSPS) is 13.4. The number of aryl methyl sites for hydroxylation is 1. The minimum absolute atomic E-state index is 0.0514. The number of hydrogen-bond donors (Lipinski definition) is 2. The van der Waals surface area contributed by atoms with Gasteiger partial charge >= 0.3 is 5.97 Å². The molecule has 0 fully saturated rings. The van der Waals surface area contributed by atoms with Crippen LogP contribution < -0.4 is 15.0 Å². The van der Waals surface area contributed by atoms with E-state index in [2.05, 4.69) is 17.0 Å². The number of benzene rings is 2. The fraction of sp³-hybridized carbons (Fsp3) is 0.276. The zero-order chi connectivity index (χ0) is 28.4. The highest BCUT2D eigenvalue weighted by Gasteiger charge is 2.40. The molecule has 2 aromatic carbocycles. The molecule has 0 spiro atoms. The molecule has 10 heteroatoms. The summed E-state index contributed by atoms with van der Waals surface area (Å²) in [5.74, 6) is -2.08. The van der Waals surface area contributed by atoms with Crippen molar-refractivity contribution >= 4 is 46.7 Å². The summed E-state index contributed by atoms with van der Waals surface area (Å²) >= 11 is 1.31. The van der Waals surface area contributed by atoms with Crippen LogP contribution in [0.3, 0.4) is 0 Å². The number of nitrogens with one attached hydrogen (secondary N) is 1. The Balaban J connectivity index is 1.69. The highest BCUT2D eigenvalue weighted by Crippen LogP contribution is 2.45. The van der Waals surface area contributed by atoms with Crippen molar-refractivity contribution in [3.63, 3.8) is 0 Å². The number of nitrogens with zero attached hydrogens (tertiary/aromatic N) is 2. The Labute approximate surface area is 230 Å². The topological polar surface area (TPSA) is 125 Å². The number of imide groups is 1. The Morgan fingerprint density at radius 3 is 2.36 bits per heavy atom.